The Morgan fingerprint density at radius 1 is 1.02 bits per heavy atom. The SMILES string of the molecule is N#Cc1cc2c(N3CC4CCC(C3)N4)nc(OCC3(CN4CC[C@@H](F)C4)CCC3)nc2c(F)c1-c1nc(N)cc2cccc(C#N)c12. The fraction of sp³-hybridized carbons (Fsp3) is 0.457. The first kappa shape index (κ1) is 29.7. The van der Waals surface area contributed by atoms with Crippen LogP contribution in [0.2, 0.25) is 0 Å². The van der Waals surface area contributed by atoms with Crippen molar-refractivity contribution in [2.45, 2.75) is 56.8 Å². The summed E-state index contributed by atoms with van der Waals surface area (Å²) in [5, 5.41) is 25.4. The van der Waals surface area contributed by atoms with E-state index in [1.54, 1.807) is 30.3 Å². The van der Waals surface area contributed by atoms with Gasteiger partial charge in [0.1, 0.15) is 23.3 Å². The van der Waals surface area contributed by atoms with Crippen molar-refractivity contribution in [1.29, 1.82) is 10.5 Å². The van der Waals surface area contributed by atoms with Gasteiger partial charge in [0.2, 0.25) is 0 Å². The third-order valence-corrected chi connectivity index (χ3v) is 10.5. The number of hydrogen-bond donors (Lipinski definition) is 2. The lowest BCUT2D eigenvalue weighted by molar-refractivity contribution is 0.0196. The average Bonchev–Trinajstić information content (AvgIpc) is 3.63. The van der Waals surface area contributed by atoms with Gasteiger partial charge in [-0.05, 0) is 55.7 Å². The second-order valence-electron chi connectivity index (χ2n) is 13.7. The van der Waals surface area contributed by atoms with Gasteiger partial charge >= 0.3 is 6.01 Å². The highest BCUT2D eigenvalue weighted by atomic mass is 19.1. The predicted octanol–water partition coefficient (Wildman–Crippen LogP) is 4.84. The highest BCUT2D eigenvalue weighted by molar-refractivity contribution is 6.04. The van der Waals surface area contributed by atoms with Crippen molar-refractivity contribution >= 4 is 33.3 Å². The Morgan fingerprint density at radius 2 is 1.81 bits per heavy atom. The zero-order chi connectivity index (χ0) is 32.3. The quantitative estimate of drug-likeness (QED) is 0.290. The first-order valence-corrected chi connectivity index (χ1v) is 16.4. The zero-order valence-electron chi connectivity index (χ0n) is 26.0. The van der Waals surface area contributed by atoms with Crippen molar-refractivity contribution in [3.63, 3.8) is 0 Å². The Kier molecular flexibility index (Phi) is 7.31. The number of halogens is 2. The Morgan fingerprint density at radius 3 is 2.49 bits per heavy atom. The molecule has 12 heteroatoms. The molecule has 4 aromatic rings. The van der Waals surface area contributed by atoms with Gasteiger partial charge in [0.05, 0.1) is 41.1 Å². The molecule has 8 rings (SSSR count). The lowest BCUT2D eigenvalue weighted by Crippen LogP contribution is -2.51. The fourth-order valence-electron chi connectivity index (χ4n) is 8.04. The van der Waals surface area contributed by atoms with Crippen LogP contribution in [0.15, 0.2) is 30.3 Å². The van der Waals surface area contributed by atoms with Crippen molar-refractivity contribution in [2.75, 3.05) is 50.0 Å². The molecule has 10 nitrogen and oxygen atoms in total. The molecule has 2 aromatic heterocycles. The van der Waals surface area contributed by atoms with Crippen LogP contribution in [0.3, 0.4) is 0 Å². The minimum atomic E-state index is -0.792. The number of anilines is 2. The molecule has 0 amide bonds. The van der Waals surface area contributed by atoms with Gasteiger partial charge < -0.3 is 20.7 Å². The molecule has 1 aliphatic carbocycles. The third-order valence-electron chi connectivity index (χ3n) is 10.5. The molecule has 3 aliphatic heterocycles. The van der Waals surface area contributed by atoms with Gasteiger partial charge in [-0.25, -0.2) is 13.8 Å². The Labute approximate surface area is 271 Å². The maximum atomic E-state index is 17.1. The number of likely N-dealkylation sites (tertiary alicyclic amines) is 1. The molecule has 2 aromatic carbocycles. The van der Waals surface area contributed by atoms with E-state index < -0.39 is 12.0 Å². The number of alkyl halides is 1. The van der Waals surface area contributed by atoms with Gasteiger partial charge in [-0.15, -0.1) is 0 Å². The number of nitrogen functional groups attached to an aromatic ring is 1. The number of nitrogens with one attached hydrogen (secondary N) is 1. The largest absolute Gasteiger partial charge is 0.463 e. The molecule has 4 aliphatic rings. The molecule has 2 unspecified atom stereocenters. The van der Waals surface area contributed by atoms with E-state index in [0.29, 0.717) is 60.2 Å². The van der Waals surface area contributed by atoms with Crippen molar-refractivity contribution in [2.24, 2.45) is 5.41 Å². The highest BCUT2D eigenvalue weighted by Crippen LogP contribution is 2.44. The highest BCUT2D eigenvalue weighted by Gasteiger charge is 2.41. The molecule has 2 bridgehead atoms. The third kappa shape index (κ3) is 5.26. The first-order chi connectivity index (χ1) is 22.8. The Balaban J connectivity index is 1.26. The number of piperazine rings is 1. The van der Waals surface area contributed by atoms with Crippen LogP contribution < -0.4 is 20.7 Å². The number of nitrogens with two attached hydrogens (primary N) is 1. The van der Waals surface area contributed by atoms with Gasteiger partial charge in [-0.1, -0.05) is 18.6 Å². The fourth-order valence-corrected chi connectivity index (χ4v) is 8.04. The summed E-state index contributed by atoms with van der Waals surface area (Å²) >= 11 is 0. The van der Waals surface area contributed by atoms with Crippen LogP contribution >= 0.6 is 0 Å². The van der Waals surface area contributed by atoms with Gasteiger partial charge in [0.15, 0.2) is 5.82 Å². The maximum absolute atomic E-state index is 17.1. The second-order valence-corrected chi connectivity index (χ2v) is 13.7. The number of ether oxygens (including phenoxy) is 1. The summed E-state index contributed by atoms with van der Waals surface area (Å²) in [4.78, 5) is 18.3. The lowest BCUT2D eigenvalue weighted by atomic mass is 9.69. The normalized spacial score (nSPS) is 23.5. The molecule has 0 radical (unpaired) electrons. The number of aromatic nitrogens is 3. The van der Waals surface area contributed by atoms with Crippen LogP contribution in [-0.2, 0) is 0 Å². The maximum Gasteiger partial charge on any atom is 0.319 e. The van der Waals surface area contributed by atoms with Crippen molar-refractivity contribution in [3.05, 3.63) is 47.3 Å². The zero-order valence-corrected chi connectivity index (χ0v) is 26.0. The number of pyridine rings is 1. The lowest BCUT2D eigenvalue weighted by Gasteiger charge is -2.43. The summed E-state index contributed by atoms with van der Waals surface area (Å²) in [5.41, 5.74) is 6.43. The summed E-state index contributed by atoms with van der Waals surface area (Å²) in [6.45, 7) is 3.64. The standard InChI is InChI=1S/C35H35F2N9O/c36-23-7-10-45(15-23)18-35(8-2-9-35)19-47-34-43-31-26(33(44-34)46-16-24-5-6-25(17-46)41-24)11-22(14-39)29(30(31)37)32-28-20(12-27(40)42-32)3-1-4-21(28)13-38/h1,3-4,11-12,23-25,41H,2,5-10,15-19H2,(H2,40,42)/t23-,24?,25?/m1/s1. The predicted molar refractivity (Wildman–Crippen MR) is 174 cm³/mol. The topological polar surface area (TPSA) is 140 Å². The summed E-state index contributed by atoms with van der Waals surface area (Å²) in [5.74, 6) is -0.0873. The van der Waals surface area contributed by atoms with E-state index in [4.69, 9.17) is 15.5 Å². The average molecular weight is 636 g/mol. The summed E-state index contributed by atoms with van der Waals surface area (Å²) in [6.07, 6.45) is 4.85. The molecule has 3 saturated heterocycles. The van der Waals surface area contributed by atoms with Crippen molar-refractivity contribution in [1.82, 2.24) is 25.2 Å². The second kappa shape index (κ2) is 11.5. The van der Waals surface area contributed by atoms with Crippen LogP contribution in [-0.4, -0.2) is 77.4 Å². The van der Waals surface area contributed by atoms with Gasteiger partial charge in [-0.2, -0.15) is 20.5 Å². The summed E-state index contributed by atoms with van der Waals surface area (Å²) in [7, 11) is 0. The number of nitrogens with zero attached hydrogens (tertiary/aromatic N) is 7. The van der Waals surface area contributed by atoms with Gasteiger partial charge in [0.25, 0.3) is 0 Å². The van der Waals surface area contributed by atoms with E-state index in [9.17, 15) is 14.9 Å². The van der Waals surface area contributed by atoms with Crippen molar-refractivity contribution < 1.29 is 13.5 Å². The van der Waals surface area contributed by atoms with E-state index >= 15 is 4.39 Å². The Bertz CT molecular complexity index is 1970. The monoisotopic (exact) mass is 635 g/mol. The number of benzene rings is 2. The van der Waals surface area contributed by atoms with Gasteiger partial charge in [0, 0.05) is 61.0 Å². The van der Waals surface area contributed by atoms with E-state index in [-0.39, 0.29) is 51.7 Å². The minimum Gasteiger partial charge on any atom is -0.463 e. The molecule has 4 fully saturated rings. The molecule has 47 heavy (non-hydrogen) atoms. The molecule has 1 saturated carbocycles. The van der Waals surface area contributed by atoms with Crippen LogP contribution in [0.1, 0.15) is 49.7 Å². The van der Waals surface area contributed by atoms with Gasteiger partial charge in [-0.3, -0.25) is 4.90 Å². The minimum absolute atomic E-state index is 0.0131. The molecule has 5 heterocycles. The van der Waals surface area contributed by atoms with Crippen molar-refractivity contribution in [3.8, 4) is 29.4 Å². The molecular formula is C35H35F2N9O. The number of nitriles is 2. The van der Waals surface area contributed by atoms with Crippen LogP contribution in [0.4, 0.5) is 20.4 Å². The summed E-state index contributed by atoms with van der Waals surface area (Å²) < 4.78 is 37.4. The molecule has 0 spiro atoms. The number of rotatable bonds is 7. The van der Waals surface area contributed by atoms with E-state index in [0.717, 1.165) is 45.2 Å². The smallest absolute Gasteiger partial charge is 0.319 e. The molecular weight excluding hydrogens is 600 g/mol. The molecule has 3 atom stereocenters. The van der Waals surface area contributed by atoms with Crippen LogP contribution in [0, 0.1) is 33.9 Å². The van der Waals surface area contributed by atoms with E-state index in [1.165, 1.54) is 0 Å². The first-order valence-electron chi connectivity index (χ1n) is 16.4. The molecule has 3 N–H and O–H groups in total. The Hall–Kier alpha value is -4.65. The number of fused-ring (bicyclic) bond motifs is 4. The van der Waals surface area contributed by atoms with Crippen LogP contribution in [0.25, 0.3) is 32.9 Å². The van der Waals surface area contributed by atoms with E-state index in [2.05, 4.69) is 37.2 Å². The summed E-state index contributed by atoms with van der Waals surface area (Å²) in [6, 6.07) is 13.4. The molecule has 240 valence electrons. The number of hydrogen-bond acceptors (Lipinski definition) is 10. The van der Waals surface area contributed by atoms with E-state index in [1.807, 2.05) is 0 Å². The van der Waals surface area contributed by atoms with Crippen LogP contribution in [0.5, 0.6) is 6.01 Å².